The third kappa shape index (κ3) is 2.79. The van der Waals surface area contributed by atoms with Crippen LogP contribution in [0.15, 0.2) is 48.7 Å². The SMILES string of the molecule is C#CC(c1ccccn1)N1CCN(C)C1=O.c1cc2cc-2c1. The fourth-order valence-electron chi connectivity index (χ4n) is 2.46. The van der Waals surface area contributed by atoms with Gasteiger partial charge < -0.3 is 9.80 Å². The van der Waals surface area contributed by atoms with Crippen molar-refractivity contribution < 1.29 is 4.79 Å². The second kappa shape index (κ2) is 5.90. The summed E-state index contributed by atoms with van der Waals surface area (Å²) in [7, 11) is 1.77. The molecule has 0 N–H and O–H groups in total. The summed E-state index contributed by atoms with van der Waals surface area (Å²) in [6.07, 6.45) is 7.17. The van der Waals surface area contributed by atoms with Crippen molar-refractivity contribution in [1.29, 1.82) is 0 Å². The van der Waals surface area contributed by atoms with Crippen LogP contribution in [0.5, 0.6) is 0 Å². The average molecular weight is 291 g/mol. The summed E-state index contributed by atoms with van der Waals surface area (Å²) < 4.78 is 0. The van der Waals surface area contributed by atoms with Gasteiger partial charge in [0.05, 0.1) is 5.69 Å². The molecule has 0 radical (unpaired) electrons. The third-order valence-electron chi connectivity index (χ3n) is 3.80. The largest absolute Gasteiger partial charge is 0.326 e. The van der Waals surface area contributed by atoms with E-state index < -0.39 is 0 Å². The minimum atomic E-state index is -0.362. The first kappa shape index (κ1) is 14.2. The summed E-state index contributed by atoms with van der Waals surface area (Å²) in [4.78, 5) is 19.3. The van der Waals surface area contributed by atoms with Crippen LogP contribution in [0.1, 0.15) is 11.7 Å². The Labute approximate surface area is 130 Å². The Morgan fingerprint density at radius 3 is 2.36 bits per heavy atom. The summed E-state index contributed by atoms with van der Waals surface area (Å²) in [6, 6.07) is 13.6. The minimum absolute atomic E-state index is 0.0337. The summed E-state index contributed by atoms with van der Waals surface area (Å²) in [5.41, 5.74) is 3.60. The number of hydrogen-bond acceptors (Lipinski definition) is 2. The molecule has 1 aromatic rings. The zero-order chi connectivity index (χ0) is 15.5. The van der Waals surface area contributed by atoms with Gasteiger partial charge in [0.25, 0.3) is 0 Å². The maximum absolute atomic E-state index is 11.8. The molecule has 1 aliphatic heterocycles. The Balaban J connectivity index is 0.000000196. The number of benzene rings is 1. The fraction of sp³-hybridized carbons (Fsp3) is 0.222. The van der Waals surface area contributed by atoms with E-state index in [0.717, 1.165) is 5.69 Å². The van der Waals surface area contributed by atoms with E-state index in [1.807, 2.05) is 18.2 Å². The number of likely N-dealkylation sites (N-methyl/N-ethyl adjacent to an activating group) is 1. The number of urea groups is 1. The van der Waals surface area contributed by atoms with Gasteiger partial charge in [0.15, 0.2) is 0 Å². The van der Waals surface area contributed by atoms with Gasteiger partial charge in [-0.15, -0.1) is 6.42 Å². The van der Waals surface area contributed by atoms with Crippen molar-refractivity contribution in [1.82, 2.24) is 14.8 Å². The molecule has 3 aliphatic rings. The molecule has 4 nitrogen and oxygen atoms in total. The van der Waals surface area contributed by atoms with Gasteiger partial charge >= 0.3 is 6.03 Å². The summed E-state index contributed by atoms with van der Waals surface area (Å²) in [5, 5.41) is 0. The Morgan fingerprint density at radius 2 is 1.95 bits per heavy atom. The third-order valence-corrected chi connectivity index (χ3v) is 3.80. The second-order valence-electron chi connectivity index (χ2n) is 5.30. The number of aromatic nitrogens is 1. The first-order chi connectivity index (χ1) is 10.7. The smallest absolute Gasteiger partial charge is 0.321 e. The Kier molecular flexibility index (Phi) is 3.80. The molecule has 4 heteroatoms. The number of hydrogen-bond donors (Lipinski definition) is 0. The van der Waals surface area contributed by atoms with Crippen molar-refractivity contribution in [3.8, 4) is 23.5 Å². The van der Waals surface area contributed by atoms with E-state index in [-0.39, 0.29) is 12.1 Å². The lowest BCUT2D eigenvalue weighted by Gasteiger charge is -2.22. The van der Waals surface area contributed by atoms with Crippen molar-refractivity contribution in [3.05, 3.63) is 54.4 Å². The lowest BCUT2D eigenvalue weighted by molar-refractivity contribution is 0.191. The topological polar surface area (TPSA) is 36.4 Å². The van der Waals surface area contributed by atoms with Gasteiger partial charge in [0, 0.05) is 26.3 Å². The number of terminal acetylenes is 1. The molecule has 4 rings (SSSR count). The molecule has 2 amide bonds. The molecule has 0 spiro atoms. The van der Waals surface area contributed by atoms with Crippen LogP contribution in [0.2, 0.25) is 0 Å². The molecule has 1 atom stereocenters. The molecule has 0 saturated carbocycles. The zero-order valence-corrected chi connectivity index (χ0v) is 12.4. The molecule has 2 aliphatic carbocycles. The molecule has 0 bridgehead atoms. The van der Waals surface area contributed by atoms with Crippen LogP contribution >= 0.6 is 0 Å². The van der Waals surface area contributed by atoms with E-state index in [0.29, 0.717) is 13.1 Å². The van der Waals surface area contributed by atoms with Gasteiger partial charge in [-0.1, -0.05) is 30.2 Å². The van der Waals surface area contributed by atoms with E-state index in [2.05, 4.69) is 35.2 Å². The van der Waals surface area contributed by atoms with Crippen LogP contribution in [-0.2, 0) is 0 Å². The van der Waals surface area contributed by atoms with Gasteiger partial charge in [0.1, 0.15) is 6.04 Å². The standard InChI is InChI=1S/C12H13N3O.C6H4/c1-3-11(10-6-4-5-7-13-10)15-9-8-14(2)12(15)16;1-2-5-4-6(5)3-1/h1,4-7,11H,8-9H2,2H3;1-4H. The van der Waals surface area contributed by atoms with E-state index in [1.54, 1.807) is 23.0 Å². The van der Waals surface area contributed by atoms with Crippen molar-refractivity contribution >= 4 is 6.03 Å². The summed E-state index contributed by atoms with van der Waals surface area (Å²) >= 11 is 0. The van der Waals surface area contributed by atoms with Gasteiger partial charge in [-0.2, -0.15) is 0 Å². The highest BCUT2D eigenvalue weighted by molar-refractivity contribution is 5.80. The summed E-state index contributed by atoms with van der Waals surface area (Å²) in [5.74, 6) is 2.63. The number of pyridine rings is 1. The molecule has 0 aromatic carbocycles. The number of fused-ring (bicyclic) bond motifs is 1. The monoisotopic (exact) mass is 291 g/mol. The van der Waals surface area contributed by atoms with E-state index >= 15 is 0 Å². The fourth-order valence-corrected chi connectivity index (χ4v) is 2.46. The second-order valence-corrected chi connectivity index (χ2v) is 5.30. The maximum Gasteiger partial charge on any atom is 0.321 e. The molecular weight excluding hydrogens is 274 g/mol. The molecule has 1 unspecified atom stereocenters. The average Bonchev–Trinajstić information content (AvgIpc) is 3.02. The molecule has 2 heterocycles. The Hall–Kier alpha value is -2.80. The van der Waals surface area contributed by atoms with Gasteiger partial charge in [0.2, 0.25) is 0 Å². The van der Waals surface area contributed by atoms with Gasteiger partial charge in [-0.05, 0) is 29.3 Å². The summed E-state index contributed by atoms with van der Waals surface area (Å²) in [6.45, 7) is 1.37. The van der Waals surface area contributed by atoms with Gasteiger partial charge in [-0.25, -0.2) is 4.79 Å². The molecule has 22 heavy (non-hydrogen) atoms. The van der Waals surface area contributed by atoms with Crippen molar-refractivity contribution in [3.63, 3.8) is 0 Å². The lowest BCUT2D eigenvalue weighted by atomic mass is 10.2. The molecule has 1 saturated heterocycles. The maximum atomic E-state index is 11.8. The number of carbonyl (C=O) groups is 1. The normalized spacial score (nSPS) is 15.7. The lowest BCUT2D eigenvalue weighted by Crippen LogP contribution is -2.32. The molecular formula is C18H17N3O. The quantitative estimate of drug-likeness (QED) is 0.681. The van der Waals surface area contributed by atoms with Crippen molar-refractivity contribution in [2.45, 2.75) is 6.04 Å². The van der Waals surface area contributed by atoms with Gasteiger partial charge in [-0.3, -0.25) is 4.98 Å². The Bertz CT molecular complexity index is 703. The van der Waals surface area contributed by atoms with E-state index in [1.165, 1.54) is 11.1 Å². The van der Waals surface area contributed by atoms with Crippen molar-refractivity contribution in [2.75, 3.05) is 20.1 Å². The number of carbonyl (C=O) groups excluding carboxylic acids is 1. The minimum Gasteiger partial charge on any atom is -0.326 e. The molecule has 110 valence electrons. The molecule has 1 fully saturated rings. The van der Waals surface area contributed by atoms with Crippen LogP contribution in [0.4, 0.5) is 4.79 Å². The Morgan fingerprint density at radius 1 is 1.18 bits per heavy atom. The van der Waals surface area contributed by atoms with E-state index in [9.17, 15) is 4.79 Å². The van der Waals surface area contributed by atoms with Crippen LogP contribution in [-0.4, -0.2) is 41.0 Å². The van der Waals surface area contributed by atoms with Crippen LogP contribution < -0.4 is 0 Å². The van der Waals surface area contributed by atoms with Crippen molar-refractivity contribution in [2.24, 2.45) is 0 Å². The highest BCUT2D eigenvalue weighted by Crippen LogP contribution is 2.32. The number of amides is 2. The predicted molar refractivity (Wildman–Crippen MR) is 86.0 cm³/mol. The highest BCUT2D eigenvalue weighted by atomic mass is 16.2. The highest BCUT2D eigenvalue weighted by Gasteiger charge is 2.31. The number of nitrogens with zero attached hydrogens (tertiary/aromatic N) is 3. The van der Waals surface area contributed by atoms with Crippen LogP contribution in [0.3, 0.4) is 0 Å². The molecule has 1 aromatic heterocycles. The predicted octanol–water partition coefficient (Wildman–Crippen LogP) is 2.79. The van der Waals surface area contributed by atoms with E-state index in [4.69, 9.17) is 6.42 Å². The first-order valence-corrected chi connectivity index (χ1v) is 7.20. The first-order valence-electron chi connectivity index (χ1n) is 7.20. The zero-order valence-electron chi connectivity index (χ0n) is 12.4. The van der Waals surface area contributed by atoms with Crippen LogP contribution in [0, 0.1) is 12.3 Å². The number of rotatable bonds is 2. The van der Waals surface area contributed by atoms with Crippen LogP contribution in [0.25, 0.3) is 11.1 Å².